The molecule has 0 aromatic heterocycles. The number of hydrogen-bond acceptors (Lipinski definition) is 5. The molecule has 2 aromatic carbocycles. The van der Waals surface area contributed by atoms with Crippen LogP contribution in [0.15, 0.2) is 53.5 Å². The number of halogens is 1. The van der Waals surface area contributed by atoms with Gasteiger partial charge in [0.15, 0.2) is 0 Å². The third-order valence-electron chi connectivity index (χ3n) is 4.21. The molecule has 150 valence electrons. The van der Waals surface area contributed by atoms with Crippen molar-refractivity contribution in [1.82, 2.24) is 10.3 Å². The zero-order chi connectivity index (χ0) is 21.1. The second-order valence-corrected chi connectivity index (χ2v) is 7.03. The third-order valence-corrected chi connectivity index (χ3v) is 4.52. The smallest absolute Gasteiger partial charge is 0.292 e. The van der Waals surface area contributed by atoms with Crippen LogP contribution in [-0.2, 0) is 9.59 Å². The molecule has 0 saturated carbocycles. The van der Waals surface area contributed by atoms with Crippen molar-refractivity contribution in [2.75, 3.05) is 24.4 Å². The van der Waals surface area contributed by atoms with E-state index in [1.165, 1.54) is 16.0 Å². The van der Waals surface area contributed by atoms with Gasteiger partial charge in [-0.1, -0.05) is 29.8 Å². The molecule has 0 aliphatic carbocycles. The van der Waals surface area contributed by atoms with Crippen LogP contribution >= 0.6 is 11.6 Å². The molecule has 1 aliphatic heterocycles. The van der Waals surface area contributed by atoms with E-state index < -0.39 is 11.9 Å². The lowest BCUT2D eigenvalue weighted by Crippen LogP contribution is -2.57. The molecule has 2 aromatic rings. The summed E-state index contributed by atoms with van der Waals surface area (Å²) in [5.74, 6) is -1.06. The van der Waals surface area contributed by atoms with E-state index in [1.54, 1.807) is 57.4 Å². The maximum Gasteiger partial charge on any atom is 0.292 e. The van der Waals surface area contributed by atoms with Crippen molar-refractivity contribution in [3.05, 3.63) is 59.1 Å². The van der Waals surface area contributed by atoms with Crippen molar-refractivity contribution in [1.29, 1.82) is 0 Å². The minimum absolute atomic E-state index is 0.00878. The summed E-state index contributed by atoms with van der Waals surface area (Å²) < 4.78 is 0. The number of benzene rings is 2. The van der Waals surface area contributed by atoms with Crippen LogP contribution in [0.4, 0.5) is 11.4 Å². The van der Waals surface area contributed by atoms with Gasteiger partial charge in [0.1, 0.15) is 6.04 Å². The van der Waals surface area contributed by atoms with Gasteiger partial charge < -0.3 is 10.2 Å². The molecule has 9 heteroatoms. The van der Waals surface area contributed by atoms with E-state index >= 15 is 0 Å². The Labute approximate surface area is 173 Å². The van der Waals surface area contributed by atoms with Crippen molar-refractivity contribution in [3.63, 3.8) is 0 Å². The van der Waals surface area contributed by atoms with Gasteiger partial charge >= 0.3 is 0 Å². The first-order valence-electron chi connectivity index (χ1n) is 8.84. The molecule has 1 aliphatic rings. The summed E-state index contributed by atoms with van der Waals surface area (Å²) in [5.41, 5.74) is 4.08. The Morgan fingerprint density at radius 3 is 2.48 bits per heavy atom. The fourth-order valence-electron chi connectivity index (χ4n) is 2.70. The molecule has 0 saturated heterocycles. The fraction of sp³-hybridized carbons (Fsp3) is 0.200. The van der Waals surface area contributed by atoms with Gasteiger partial charge in [0.05, 0.1) is 16.3 Å². The monoisotopic (exact) mass is 413 g/mol. The SMILES string of the molecule is CC1N=C(C(=O)Nc2ccc(C(=O)N(C)C)c(Cl)c2)NN(c2ccccc2)C1=O. The standard InChI is InChI=1S/C20H20ClN5O3/c1-12-19(28)26(14-7-5-4-6-8-14)24-17(22-12)18(27)23-13-9-10-15(16(21)11-13)20(29)25(2)3/h4-12H,1-3H3,(H,22,24)(H,23,27). The van der Waals surface area contributed by atoms with Gasteiger partial charge in [-0.2, -0.15) is 0 Å². The second-order valence-electron chi connectivity index (χ2n) is 6.62. The number of amidine groups is 1. The van der Waals surface area contributed by atoms with Crippen LogP contribution in [-0.4, -0.2) is 48.6 Å². The molecule has 1 unspecified atom stereocenters. The minimum atomic E-state index is -0.721. The maximum atomic E-state index is 12.7. The van der Waals surface area contributed by atoms with E-state index in [0.29, 0.717) is 16.9 Å². The molecule has 0 spiro atoms. The fourth-order valence-corrected chi connectivity index (χ4v) is 2.96. The Balaban J connectivity index is 1.78. The van der Waals surface area contributed by atoms with Crippen LogP contribution in [0, 0.1) is 0 Å². The topological polar surface area (TPSA) is 94.1 Å². The summed E-state index contributed by atoms with van der Waals surface area (Å²) in [6, 6.07) is 12.8. The number of amides is 3. The van der Waals surface area contributed by atoms with E-state index in [-0.39, 0.29) is 22.7 Å². The van der Waals surface area contributed by atoms with Crippen molar-refractivity contribution >= 4 is 46.5 Å². The van der Waals surface area contributed by atoms with Gasteiger partial charge in [-0.25, -0.2) is 10.0 Å². The number of carbonyl (C=O) groups excluding carboxylic acids is 3. The van der Waals surface area contributed by atoms with Crippen molar-refractivity contribution in [2.45, 2.75) is 13.0 Å². The molecule has 2 N–H and O–H groups in total. The summed E-state index contributed by atoms with van der Waals surface area (Å²) in [7, 11) is 3.25. The highest BCUT2D eigenvalue weighted by Gasteiger charge is 2.30. The van der Waals surface area contributed by atoms with E-state index in [1.807, 2.05) is 6.07 Å². The molecule has 0 radical (unpaired) electrons. The van der Waals surface area contributed by atoms with Crippen LogP contribution in [0.3, 0.4) is 0 Å². The predicted molar refractivity (Wildman–Crippen MR) is 112 cm³/mol. The molecular weight excluding hydrogens is 394 g/mol. The summed E-state index contributed by atoms with van der Waals surface area (Å²) in [4.78, 5) is 42.7. The number of para-hydroxylation sites is 1. The van der Waals surface area contributed by atoms with E-state index in [0.717, 1.165) is 0 Å². The summed E-state index contributed by atoms with van der Waals surface area (Å²) >= 11 is 6.19. The summed E-state index contributed by atoms with van der Waals surface area (Å²) in [5, 5.41) is 4.18. The molecular formula is C20H20ClN5O3. The average molecular weight is 414 g/mol. The highest BCUT2D eigenvalue weighted by Crippen LogP contribution is 2.22. The minimum Gasteiger partial charge on any atom is -0.345 e. The molecule has 29 heavy (non-hydrogen) atoms. The first-order chi connectivity index (χ1) is 13.8. The number of hydrazine groups is 1. The number of carbonyl (C=O) groups is 3. The quantitative estimate of drug-likeness (QED) is 0.804. The molecule has 3 rings (SSSR count). The average Bonchev–Trinajstić information content (AvgIpc) is 2.70. The van der Waals surface area contributed by atoms with Crippen molar-refractivity contribution in [2.24, 2.45) is 4.99 Å². The molecule has 1 atom stereocenters. The van der Waals surface area contributed by atoms with E-state index in [2.05, 4.69) is 15.7 Å². The van der Waals surface area contributed by atoms with Crippen LogP contribution in [0.2, 0.25) is 5.02 Å². The summed E-state index contributed by atoms with van der Waals surface area (Å²) in [6.07, 6.45) is 0. The predicted octanol–water partition coefficient (Wildman–Crippen LogP) is 2.32. The van der Waals surface area contributed by atoms with Crippen LogP contribution < -0.4 is 15.8 Å². The van der Waals surface area contributed by atoms with Crippen molar-refractivity contribution in [3.8, 4) is 0 Å². The first kappa shape index (κ1) is 20.3. The second kappa shape index (κ2) is 8.32. The highest BCUT2D eigenvalue weighted by molar-refractivity contribution is 6.43. The highest BCUT2D eigenvalue weighted by atomic mass is 35.5. The number of anilines is 2. The number of nitrogens with one attached hydrogen (secondary N) is 2. The zero-order valence-corrected chi connectivity index (χ0v) is 16.9. The normalized spacial score (nSPS) is 16.0. The number of rotatable bonds is 4. The van der Waals surface area contributed by atoms with E-state index in [9.17, 15) is 14.4 Å². The van der Waals surface area contributed by atoms with E-state index in [4.69, 9.17) is 11.6 Å². The van der Waals surface area contributed by atoms with Gasteiger partial charge in [0.2, 0.25) is 5.84 Å². The number of nitrogens with zero attached hydrogens (tertiary/aromatic N) is 3. The number of aliphatic imine (C=N–C) groups is 1. The molecule has 8 nitrogen and oxygen atoms in total. The maximum absolute atomic E-state index is 12.7. The lowest BCUT2D eigenvalue weighted by molar-refractivity contribution is -0.120. The van der Waals surface area contributed by atoms with Gasteiger partial charge in [0, 0.05) is 19.8 Å². The third kappa shape index (κ3) is 4.38. The lowest BCUT2D eigenvalue weighted by Gasteiger charge is -2.30. The van der Waals surface area contributed by atoms with Gasteiger partial charge in [-0.3, -0.25) is 19.8 Å². The van der Waals surface area contributed by atoms with Gasteiger partial charge in [-0.05, 0) is 37.3 Å². The van der Waals surface area contributed by atoms with Gasteiger partial charge in [0.25, 0.3) is 17.7 Å². The van der Waals surface area contributed by atoms with Crippen LogP contribution in [0.5, 0.6) is 0 Å². The van der Waals surface area contributed by atoms with Crippen LogP contribution in [0.25, 0.3) is 0 Å². The molecule has 0 bridgehead atoms. The largest absolute Gasteiger partial charge is 0.345 e. The zero-order valence-electron chi connectivity index (χ0n) is 16.1. The Morgan fingerprint density at radius 1 is 1.17 bits per heavy atom. The Morgan fingerprint density at radius 2 is 1.86 bits per heavy atom. The molecule has 3 amide bonds. The number of hydrogen-bond donors (Lipinski definition) is 2. The Kier molecular flexibility index (Phi) is 5.84. The summed E-state index contributed by atoms with van der Waals surface area (Å²) in [6.45, 7) is 1.62. The Bertz CT molecular complexity index is 991. The lowest BCUT2D eigenvalue weighted by atomic mass is 10.2. The first-order valence-corrected chi connectivity index (χ1v) is 9.21. The van der Waals surface area contributed by atoms with Crippen molar-refractivity contribution < 1.29 is 14.4 Å². The molecule has 1 heterocycles. The van der Waals surface area contributed by atoms with Gasteiger partial charge in [-0.15, -0.1) is 0 Å². The van der Waals surface area contributed by atoms with Crippen LogP contribution in [0.1, 0.15) is 17.3 Å². The Hall–Kier alpha value is -3.39. The molecule has 0 fully saturated rings.